The van der Waals surface area contributed by atoms with Gasteiger partial charge in [-0.15, -0.1) is 0 Å². The van der Waals surface area contributed by atoms with Crippen molar-refractivity contribution in [2.75, 3.05) is 26.2 Å². The summed E-state index contributed by atoms with van der Waals surface area (Å²) in [4.78, 5) is 11.3. The summed E-state index contributed by atoms with van der Waals surface area (Å²) in [5.74, 6) is -0.522. The molecule has 0 saturated carbocycles. The molecule has 0 aromatic heterocycles. The second-order valence-corrected chi connectivity index (χ2v) is 7.97. The first-order chi connectivity index (χ1) is 9.93. The van der Waals surface area contributed by atoms with Crippen LogP contribution in [0.4, 0.5) is 0 Å². The number of rotatable bonds is 6. The van der Waals surface area contributed by atoms with Gasteiger partial charge in [0.05, 0.1) is 25.2 Å². The van der Waals surface area contributed by atoms with E-state index in [1.807, 2.05) is 0 Å². The lowest BCUT2D eigenvalue weighted by Gasteiger charge is -2.40. The van der Waals surface area contributed by atoms with E-state index in [0.29, 0.717) is 0 Å². The molecule has 12 heteroatoms. The average Bonchev–Trinajstić information content (AvgIpc) is 2.29. The molecule has 1 N–H and O–H groups in total. The van der Waals surface area contributed by atoms with Crippen LogP contribution in [0, 0.1) is 0 Å². The third-order valence-corrected chi connectivity index (χ3v) is 3.80. The van der Waals surface area contributed by atoms with E-state index < -0.39 is 50.7 Å². The summed E-state index contributed by atoms with van der Waals surface area (Å²) in [7, 11) is -6.52. The molecule has 4 atom stereocenters. The fourth-order valence-electron chi connectivity index (χ4n) is 2.00. The topological polar surface area (TPSA) is 134 Å². The highest BCUT2D eigenvalue weighted by Crippen LogP contribution is 2.23. The molecule has 0 bridgehead atoms. The molecule has 1 aliphatic heterocycles. The molecule has 0 aromatic carbocycles. The van der Waals surface area contributed by atoms with Crippen molar-refractivity contribution < 1.29 is 39.5 Å². The Balaban J connectivity index is 3.13. The van der Waals surface area contributed by atoms with Crippen molar-refractivity contribution in [3.05, 3.63) is 0 Å². The fourth-order valence-corrected chi connectivity index (χ4v) is 3.24. The van der Waals surface area contributed by atoms with Gasteiger partial charge in [-0.2, -0.15) is 16.8 Å². The van der Waals surface area contributed by atoms with Gasteiger partial charge in [-0.1, -0.05) is 0 Å². The number of nitrogens with one attached hydrogen (secondary N) is 1. The molecule has 1 saturated heterocycles. The van der Waals surface area contributed by atoms with Gasteiger partial charge < -0.3 is 14.8 Å². The number of amides is 1. The van der Waals surface area contributed by atoms with E-state index in [0.717, 1.165) is 12.5 Å². The Bertz CT molecular complexity index is 600. The molecule has 0 radical (unpaired) electrons. The van der Waals surface area contributed by atoms with Gasteiger partial charge in [0.25, 0.3) is 20.2 Å². The molecular formula is C10H19NO9S2. The fraction of sp³-hybridized carbons (Fsp3) is 0.900. The van der Waals surface area contributed by atoms with E-state index in [-0.39, 0.29) is 6.61 Å². The second kappa shape index (κ2) is 7.19. The minimum absolute atomic E-state index is 0.236. The molecule has 1 fully saturated rings. The zero-order valence-corrected chi connectivity index (χ0v) is 14.1. The van der Waals surface area contributed by atoms with Crippen LogP contribution >= 0.6 is 0 Å². The van der Waals surface area contributed by atoms with Gasteiger partial charge in [-0.3, -0.25) is 13.2 Å². The molecule has 130 valence electrons. The lowest BCUT2D eigenvalue weighted by molar-refractivity contribution is -0.223. The van der Waals surface area contributed by atoms with E-state index in [4.69, 9.17) is 17.8 Å². The summed E-state index contributed by atoms with van der Waals surface area (Å²) in [6.45, 7) is 0.951. The molecule has 0 aliphatic carbocycles. The van der Waals surface area contributed by atoms with Crippen molar-refractivity contribution in [2.45, 2.75) is 31.5 Å². The highest BCUT2D eigenvalue weighted by molar-refractivity contribution is 7.86. The molecule has 0 unspecified atom stereocenters. The van der Waals surface area contributed by atoms with E-state index in [1.54, 1.807) is 0 Å². The van der Waals surface area contributed by atoms with Gasteiger partial charge in [-0.25, -0.2) is 0 Å². The molecule has 22 heavy (non-hydrogen) atoms. The maximum absolute atomic E-state index is 11.4. The molecule has 0 spiro atoms. The Morgan fingerprint density at radius 2 is 1.68 bits per heavy atom. The minimum atomic E-state index is -3.92. The van der Waals surface area contributed by atoms with Crippen LogP contribution in [0.15, 0.2) is 0 Å². The Hall–Kier alpha value is -0.790. The maximum atomic E-state index is 11.4. The number of hydrogen-bond acceptors (Lipinski definition) is 9. The highest BCUT2D eigenvalue weighted by Gasteiger charge is 2.46. The zero-order valence-electron chi connectivity index (χ0n) is 12.5. The van der Waals surface area contributed by atoms with Crippen LogP contribution in [0.3, 0.4) is 0 Å². The average molecular weight is 361 g/mol. The van der Waals surface area contributed by atoms with Crippen LogP contribution in [0.25, 0.3) is 0 Å². The summed E-state index contributed by atoms with van der Waals surface area (Å²) in [5, 5.41) is 2.41. The summed E-state index contributed by atoms with van der Waals surface area (Å²) in [5.41, 5.74) is 0. The van der Waals surface area contributed by atoms with Crippen LogP contribution in [0.1, 0.15) is 6.92 Å². The molecule has 1 amide bonds. The quantitative estimate of drug-likeness (QED) is 0.543. The van der Waals surface area contributed by atoms with Crippen molar-refractivity contribution in [3.8, 4) is 0 Å². The maximum Gasteiger partial charge on any atom is 0.264 e. The van der Waals surface area contributed by atoms with Gasteiger partial charge in [0.15, 0.2) is 12.4 Å². The van der Waals surface area contributed by atoms with Crippen molar-refractivity contribution in [1.29, 1.82) is 0 Å². The molecule has 0 aromatic rings. The number of methoxy groups -OCH3 is 1. The standard InChI is InChI=1S/C10H19NO9S2/c1-6(12)11-8-7(19-21(3,13)14)5-18-10(17-2)9(8)20-22(4,15)16/h7-10H,5H2,1-4H3,(H,11,12)/t7-,8-,9-,10-/m1/s1. The van der Waals surface area contributed by atoms with Gasteiger partial charge >= 0.3 is 0 Å². The first-order valence-electron chi connectivity index (χ1n) is 6.11. The zero-order chi connectivity index (χ0) is 17.1. The van der Waals surface area contributed by atoms with Crippen molar-refractivity contribution in [2.24, 2.45) is 0 Å². The van der Waals surface area contributed by atoms with Crippen molar-refractivity contribution in [3.63, 3.8) is 0 Å². The van der Waals surface area contributed by atoms with Crippen molar-refractivity contribution >= 4 is 26.1 Å². The van der Waals surface area contributed by atoms with Gasteiger partial charge in [0.2, 0.25) is 5.91 Å². The highest BCUT2D eigenvalue weighted by atomic mass is 32.2. The lowest BCUT2D eigenvalue weighted by atomic mass is 10.0. The Kier molecular flexibility index (Phi) is 6.29. The number of carbonyl (C=O) groups is 1. The van der Waals surface area contributed by atoms with E-state index in [2.05, 4.69) is 5.32 Å². The normalized spacial score (nSPS) is 30.0. The summed E-state index contributed by atoms with van der Waals surface area (Å²) in [6.07, 6.45) is -1.94. The molecule has 1 rings (SSSR count). The first-order valence-corrected chi connectivity index (χ1v) is 9.74. The lowest BCUT2D eigenvalue weighted by Crippen LogP contribution is -2.62. The third-order valence-electron chi connectivity index (χ3n) is 2.63. The summed E-state index contributed by atoms with van der Waals surface area (Å²) >= 11 is 0. The van der Waals surface area contributed by atoms with Gasteiger partial charge in [-0.05, 0) is 0 Å². The monoisotopic (exact) mass is 361 g/mol. The van der Waals surface area contributed by atoms with Crippen LogP contribution in [-0.4, -0.2) is 73.5 Å². The van der Waals surface area contributed by atoms with Crippen LogP contribution in [-0.2, 0) is 42.9 Å². The second-order valence-electron chi connectivity index (χ2n) is 4.77. The van der Waals surface area contributed by atoms with E-state index >= 15 is 0 Å². The van der Waals surface area contributed by atoms with Crippen LogP contribution in [0.2, 0.25) is 0 Å². The van der Waals surface area contributed by atoms with Crippen LogP contribution in [0.5, 0.6) is 0 Å². The number of ether oxygens (including phenoxy) is 2. The Labute approximate surface area is 129 Å². The van der Waals surface area contributed by atoms with Gasteiger partial charge in [0.1, 0.15) is 6.10 Å². The molecule has 1 aliphatic rings. The first kappa shape index (κ1) is 19.3. The largest absolute Gasteiger partial charge is 0.353 e. The third kappa shape index (κ3) is 6.14. The van der Waals surface area contributed by atoms with E-state index in [1.165, 1.54) is 14.0 Å². The van der Waals surface area contributed by atoms with E-state index in [9.17, 15) is 21.6 Å². The predicted octanol–water partition coefficient (Wildman–Crippen LogP) is -1.82. The predicted molar refractivity (Wildman–Crippen MR) is 73.8 cm³/mol. The number of carbonyl (C=O) groups excluding carboxylic acids is 1. The minimum Gasteiger partial charge on any atom is -0.353 e. The SMILES string of the molecule is CO[C@@H]1OC[C@@H](OS(C)(=O)=O)[C@@H](NC(C)=O)[C@H]1OS(C)(=O)=O. The Morgan fingerprint density at radius 3 is 2.09 bits per heavy atom. The Morgan fingerprint density at radius 1 is 1.14 bits per heavy atom. The summed E-state index contributed by atoms with van der Waals surface area (Å²) in [6, 6.07) is -1.10. The molecule has 10 nitrogen and oxygen atoms in total. The van der Waals surface area contributed by atoms with Gasteiger partial charge in [0, 0.05) is 14.0 Å². The van der Waals surface area contributed by atoms with Crippen molar-refractivity contribution in [1.82, 2.24) is 5.32 Å². The summed E-state index contributed by atoms with van der Waals surface area (Å²) < 4.78 is 65.2. The molecule has 1 heterocycles. The van der Waals surface area contributed by atoms with Crippen LogP contribution < -0.4 is 5.32 Å². The number of hydrogen-bond donors (Lipinski definition) is 1. The smallest absolute Gasteiger partial charge is 0.264 e. The molecular weight excluding hydrogens is 342 g/mol.